The van der Waals surface area contributed by atoms with E-state index in [1.807, 2.05) is 6.92 Å². The molecule has 0 aliphatic heterocycles. The molecule has 0 atom stereocenters. The molecule has 0 saturated heterocycles. The van der Waals surface area contributed by atoms with E-state index < -0.39 is 12.8 Å². The topological polar surface area (TPSA) is 9.23 Å². The number of alkyl halides is 3. The van der Waals surface area contributed by atoms with Crippen molar-refractivity contribution >= 4 is 0 Å². The van der Waals surface area contributed by atoms with E-state index in [2.05, 4.69) is 4.74 Å². The second-order valence-corrected chi connectivity index (χ2v) is 2.68. The molecule has 0 amide bonds. The molecule has 0 heterocycles. The summed E-state index contributed by atoms with van der Waals surface area (Å²) in [6.07, 6.45) is -0.0986. The van der Waals surface area contributed by atoms with Crippen molar-refractivity contribution in [1.29, 1.82) is 0 Å². The van der Waals surface area contributed by atoms with Gasteiger partial charge in [0.1, 0.15) is 0 Å². The molecular formula is C8H15F3O. The van der Waals surface area contributed by atoms with Crippen LogP contribution in [0.15, 0.2) is 0 Å². The molecule has 74 valence electrons. The Bertz CT molecular complexity index is 106. The zero-order valence-corrected chi connectivity index (χ0v) is 7.28. The molecule has 0 aromatic rings. The van der Waals surface area contributed by atoms with E-state index in [1.165, 1.54) is 0 Å². The lowest BCUT2D eigenvalue weighted by atomic mass is 10.2. The Morgan fingerprint density at radius 2 is 1.83 bits per heavy atom. The van der Waals surface area contributed by atoms with Gasteiger partial charge in [0.15, 0.2) is 6.67 Å². The van der Waals surface area contributed by atoms with Gasteiger partial charge in [0, 0.05) is 0 Å². The molecule has 0 rings (SSSR count). The summed E-state index contributed by atoms with van der Waals surface area (Å²) >= 11 is 0. The van der Waals surface area contributed by atoms with E-state index in [1.54, 1.807) is 0 Å². The molecule has 1 nitrogen and oxygen atoms in total. The molecule has 12 heavy (non-hydrogen) atoms. The van der Waals surface area contributed by atoms with Crippen LogP contribution in [0.25, 0.3) is 0 Å². The highest BCUT2D eigenvalue weighted by atomic mass is 19.3. The van der Waals surface area contributed by atoms with Gasteiger partial charge in [0.25, 0.3) is 0 Å². The molecule has 0 saturated carbocycles. The summed E-state index contributed by atoms with van der Waals surface area (Å²) in [5, 5.41) is 0. The fourth-order valence-corrected chi connectivity index (χ4v) is 0.789. The van der Waals surface area contributed by atoms with E-state index in [9.17, 15) is 13.2 Å². The third-order valence-corrected chi connectivity index (χ3v) is 1.47. The standard InChI is InChI=1S/C8H15F3O/c1-2-3-4-5-6-12-8(10,11)7-9/h2-7H2,1H3. The van der Waals surface area contributed by atoms with Crippen LogP contribution in [0.5, 0.6) is 0 Å². The molecule has 0 radical (unpaired) electrons. The van der Waals surface area contributed by atoms with Gasteiger partial charge in [-0.05, 0) is 6.42 Å². The third kappa shape index (κ3) is 6.46. The highest BCUT2D eigenvalue weighted by Gasteiger charge is 2.29. The zero-order chi connectivity index (χ0) is 9.45. The van der Waals surface area contributed by atoms with Crippen molar-refractivity contribution in [2.45, 2.75) is 38.7 Å². The summed E-state index contributed by atoms with van der Waals surface area (Å²) in [6, 6.07) is 0. The minimum Gasteiger partial charge on any atom is -0.318 e. The lowest BCUT2D eigenvalue weighted by Crippen LogP contribution is -2.23. The van der Waals surface area contributed by atoms with Gasteiger partial charge in [0.05, 0.1) is 6.61 Å². The first-order valence-corrected chi connectivity index (χ1v) is 4.20. The van der Waals surface area contributed by atoms with Gasteiger partial charge in [-0.15, -0.1) is 0 Å². The van der Waals surface area contributed by atoms with Gasteiger partial charge >= 0.3 is 6.11 Å². The van der Waals surface area contributed by atoms with E-state index >= 15 is 0 Å². The first-order valence-electron chi connectivity index (χ1n) is 4.20. The maximum absolute atomic E-state index is 12.1. The summed E-state index contributed by atoms with van der Waals surface area (Å²) in [5.41, 5.74) is 0. The van der Waals surface area contributed by atoms with E-state index in [-0.39, 0.29) is 6.61 Å². The largest absolute Gasteiger partial charge is 0.384 e. The number of hydrogen-bond donors (Lipinski definition) is 0. The first-order chi connectivity index (χ1) is 5.62. The van der Waals surface area contributed by atoms with Crippen LogP contribution < -0.4 is 0 Å². The Balaban J connectivity index is 3.19. The van der Waals surface area contributed by atoms with Gasteiger partial charge < -0.3 is 4.74 Å². The maximum atomic E-state index is 12.1. The fourth-order valence-electron chi connectivity index (χ4n) is 0.789. The normalized spacial score (nSPS) is 12.0. The lowest BCUT2D eigenvalue weighted by Gasteiger charge is -2.12. The van der Waals surface area contributed by atoms with Crippen LogP contribution in [0.2, 0.25) is 0 Å². The highest BCUT2D eigenvalue weighted by Crippen LogP contribution is 2.16. The van der Waals surface area contributed by atoms with Crippen molar-refractivity contribution in [3.8, 4) is 0 Å². The summed E-state index contributed by atoms with van der Waals surface area (Å²) in [4.78, 5) is 0. The van der Waals surface area contributed by atoms with Crippen molar-refractivity contribution in [3.05, 3.63) is 0 Å². The minimum absolute atomic E-state index is 0.0586. The van der Waals surface area contributed by atoms with Crippen molar-refractivity contribution in [2.75, 3.05) is 13.3 Å². The summed E-state index contributed by atoms with van der Waals surface area (Å²) in [5.74, 6) is 0. The number of ether oxygens (including phenoxy) is 1. The molecule has 0 N–H and O–H groups in total. The van der Waals surface area contributed by atoms with E-state index in [4.69, 9.17) is 0 Å². The Morgan fingerprint density at radius 1 is 1.17 bits per heavy atom. The zero-order valence-electron chi connectivity index (χ0n) is 7.28. The molecule has 0 bridgehead atoms. The third-order valence-electron chi connectivity index (χ3n) is 1.47. The van der Waals surface area contributed by atoms with Gasteiger partial charge in [-0.2, -0.15) is 8.78 Å². The van der Waals surface area contributed by atoms with Crippen molar-refractivity contribution in [3.63, 3.8) is 0 Å². The monoisotopic (exact) mass is 184 g/mol. The second-order valence-electron chi connectivity index (χ2n) is 2.68. The molecular weight excluding hydrogens is 169 g/mol. The Hall–Kier alpha value is -0.250. The van der Waals surface area contributed by atoms with Crippen LogP contribution in [-0.4, -0.2) is 19.4 Å². The molecule has 4 heteroatoms. The van der Waals surface area contributed by atoms with Gasteiger partial charge in [-0.25, -0.2) is 4.39 Å². The number of halogens is 3. The smallest absolute Gasteiger partial charge is 0.318 e. The van der Waals surface area contributed by atoms with Crippen LogP contribution in [-0.2, 0) is 4.74 Å². The van der Waals surface area contributed by atoms with Crippen molar-refractivity contribution < 1.29 is 17.9 Å². The Kier molecular flexibility index (Phi) is 6.16. The molecule has 0 spiro atoms. The van der Waals surface area contributed by atoms with Crippen LogP contribution in [0.4, 0.5) is 13.2 Å². The highest BCUT2D eigenvalue weighted by molar-refractivity contribution is 4.48. The molecule has 0 aliphatic rings. The number of unbranched alkanes of at least 4 members (excludes halogenated alkanes) is 3. The van der Waals surface area contributed by atoms with Crippen LogP contribution in [0, 0.1) is 0 Å². The average molecular weight is 184 g/mol. The quantitative estimate of drug-likeness (QED) is 0.552. The molecule has 0 aliphatic carbocycles. The van der Waals surface area contributed by atoms with Crippen LogP contribution in [0.1, 0.15) is 32.6 Å². The SMILES string of the molecule is CCCCCCOC(F)(F)CF. The first kappa shape index (κ1) is 11.8. The Morgan fingerprint density at radius 3 is 2.33 bits per heavy atom. The summed E-state index contributed by atoms with van der Waals surface area (Å²) in [7, 11) is 0. The van der Waals surface area contributed by atoms with Crippen LogP contribution in [0.3, 0.4) is 0 Å². The second kappa shape index (κ2) is 6.29. The predicted octanol–water partition coefficient (Wildman–Crippen LogP) is 3.15. The van der Waals surface area contributed by atoms with Crippen LogP contribution >= 0.6 is 0 Å². The maximum Gasteiger partial charge on any atom is 0.384 e. The molecule has 0 fully saturated rings. The van der Waals surface area contributed by atoms with Crippen molar-refractivity contribution in [1.82, 2.24) is 0 Å². The summed E-state index contributed by atoms with van der Waals surface area (Å²) in [6.45, 7) is 0.231. The van der Waals surface area contributed by atoms with E-state index in [0.29, 0.717) is 6.42 Å². The number of rotatable bonds is 7. The fraction of sp³-hybridized carbons (Fsp3) is 1.00. The predicted molar refractivity (Wildman–Crippen MR) is 41.0 cm³/mol. The molecule has 0 unspecified atom stereocenters. The molecule has 0 aromatic carbocycles. The van der Waals surface area contributed by atoms with Gasteiger partial charge in [-0.3, -0.25) is 0 Å². The van der Waals surface area contributed by atoms with Crippen molar-refractivity contribution in [2.24, 2.45) is 0 Å². The Labute approximate surface area is 70.9 Å². The van der Waals surface area contributed by atoms with Gasteiger partial charge in [0.2, 0.25) is 0 Å². The van der Waals surface area contributed by atoms with E-state index in [0.717, 1.165) is 19.3 Å². The number of hydrogen-bond acceptors (Lipinski definition) is 1. The molecule has 0 aromatic heterocycles. The average Bonchev–Trinajstić information content (AvgIpc) is 2.04. The minimum atomic E-state index is -3.58. The summed E-state index contributed by atoms with van der Waals surface area (Å²) < 4.78 is 39.6. The lowest BCUT2D eigenvalue weighted by molar-refractivity contribution is -0.246. The van der Waals surface area contributed by atoms with Gasteiger partial charge in [-0.1, -0.05) is 26.2 Å².